The summed E-state index contributed by atoms with van der Waals surface area (Å²) in [6.07, 6.45) is 0. The fraction of sp³-hybridized carbons (Fsp3) is 0.167. The molecule has 2 aromatic carbocycles. The van der Waals surface area contributed by atoms with Crippen LogP contribution in [0.25, 0.3) is 10.8 Å². The van der Waals surface area contributed by atoms with E-state index in [1.165, 1.54) is 22.0 Å². The smallest absolute Gasteiger partial charge is 0.0552 e. The third-order valence-electron chi connectivity index (χ3n) is 2.56. The zero-order chi connectivity index (χ0) is 10.8. The first-order valence-corrected chi connectivity index (χ1v) is 8.06. The molecule has 0 spiro atoms. The van der Waals surface area contributed by atoms with Gasteiger partial charge in [-0.25, -0.2) is 0 Å². The quantitative estimate of drug-likeness (QED) is 0.586. The highest BCUT2D eigenvalue weighted by atomic mass is 127. The van der Waals surface area contributed by atoms with Gasteiger partial charge in [-0.2, -0.15) is 0 Å². The minimum atomic E-state index is 1.27. The summed E-state index contributed by atoms with van der Waals surface area (Å²) in [6, 6.07) is 12.9. The summed E-state index contributed by atoms with van der Waals surface area (Å²) < 4.78 is 2.18. The van der Waals surface area contributed by atoms with Crippen molar-refractivity contribution in [3.8, 4) is 0 Å². The highest BCUT2D eigenvalue weighted by Gasteiger charge is 2.06. The van der Waals surface area contributed by atoms with E-state index in [2.05, 4.69) is 75.9 Å². The molecule has 0 bridgehead atoms. The maximum absolute atomic E-state index is 2.30. The maximum atomic E-state index is 2.30. The van der Waals surface area contributed by atoms with Crippen molar-refractivity contribution >= 4 is 46.8 Å². The Balaban J connectivity index is 2.71. The standard InChI is InChI=1S/C12H12INS/c1-9-7-8-12(14(2)15-13)11-6-4-3-5-10(9)11/h3-8H,1-2H3. The van der Waals surface area contributed by atoms with Crippen molar-refractivity contribution in [1.29, 1.82) is 0 Å². The molecule has 1 nitrogen and oxygen atoms in total. The van der Waals surface area contributed by atoms with E-state index in [1.807, 2.05) is 0 Å². The van der Waals surface area contributed by atoms with E-state index in [1.54, 1.807) is 9.12 Å². The van der Waals surface area contributed by atoms with Gasteiger partial charge < -0.3 is 4.31 Å². The third kappa shape index (κ3) is 2.08. The van der Waals surface area contributed by atoms with Crippen LogP contribution in [0.1, 0.15) is 5.56 Å². The van der Waals surface area contributed by atoms with E-state index < -0.39 is 0 Å². The lowest BCUT2D eigenvalue weighted by Crippen LogP contribution is -2.03. The van der Waals surface area contributed by atoms with Gasteiger partial charge in [-0.1, -0.05) is 30.3 Å². The second kappa shape index (κ2) is 4.61. The topological polar surface area (TPSA) is 3.24 Å². The van der Waals surface area contributed by atoms with Crippen LogP contribution >= 0.6 is 30.3 Å². The zero-order valence-corrected chi connectivity index (χ0v) is 11.7. The number of halogens is 1. The molecule has 0 aliphatic carbocycles. The predicted octanol–water partition coefficient (Wildman–Crippen LogP) is 4.58. The molecule has 0 aliphatic rings. The molecule has 2 aromatic rings. The van der Waals surface area contributed by atoms with Gasteiger partial charge in [-0.15, -0.1) is 0 Å². The first-order valence-electron chi connectivity index (χ1n) is 4.75. The van der Waals surface area contributed by atoms with E-state index in [-0.39, 0.29) is 0 Å². The van der Waals surface area contributed by atoms with Gasteiger partial charge in [0.05, 0.1) is 5.69 Å². The number of nitrogens with zero attached hydrogens (tertiary/aromatic N) is 1. The molecule has 0 saturated carbocycles. The molecule has 0 aromatic heterocycles. The molecule has 2 rings (SSSR count). The summed E-state index contributed by atoms with van der Waals surface area (Å²) in [5.74, 6) is 0. The number of benzene rings is 2. The van der Waals surface area contributed by atoms with Gasteiger partial charge in [-0.05, 0) is 23.9 Å². The van der Waals surface area contributed by atoms with Gasteiger partial charge in [0.2, 0.25) is 0 Å². The van der Waals surface area contributed by atoms with E-state index in [0.29, 0.717) is 0 Å². The largest absolute Gasteiger partial charge is 0.310 e. The van der Waals surface area contributed by atoms with Crippen molar-refractivity contribution in [2.75, 3.05) is 11.4 Å². The maximum Gasteiger partial charge on any atom is 0.0552 e. The van der Waals surface area contributed by atoms with Gasteiger partial charge in [0.1, 0.15) is 0 Å². The summed E-state index contributed by atoms with van der Waals surface area (Å²) >= 11 is 2.30. The lowest BCUT2D eigenvalue weighted by atomic mass is 10.0. The fourth-order valence-corrected chi connectivity index (χ4v) is 2.62. The van der Waals surface area contributed by atoms with Crippen LogP contribution in [0.4, 0.5) is 5.69 Å². The van der Waals surface area contributed by atoms with Gasteiger partial charge in [0.25, 0.3) is 0 Å². The number of hydrogen-bond donors (Lipinski definition) is 0. The molecular formula is C12H12INS. The Morgan fingerprint density at radius 2 is 1.73 bits per heavy atom. The normalized spacial score (nSPS) is 10.6. The van der Waals surface area contributed by atoms with Crippen molar-refractivity contribution in [2.24, 2.45) is 0 Å². The molecule has 0 amide bonds. The Kier molecular flexibility index (Phi) is 3.41. The van der Waals surface area contributed by atoms with E-state index in [4.69, 9.17) is 0 Å². The highest BCUT2D eigenvalue weighted by Crippen LogP contribution is 2.33. The lowest BCUT2D eigenvalue weighted by molar-refractivity contribution is 1.38. The van der Waals surface area contributed by atoms with Crippen molar-refractivity contribution in [3.05, 3.63) is 42.0 Å². The van der Waals surface area contributed by atoms with E-state index in [9.17, 15) is 0 Å². The summed E-state index contributed by atoms with van der Waals surface area (Å²) in [4.78, 5) is 0. The minimum Gasteiger partial charge on any atom is -0.310 e. The SMILES string of the molecule is Cc1ccc(N(C)SI)c2ccccc12. The molecule has 0 heterocycles. The summed E-state index contributed by atoms with van der Waals surface area (Å²) in [7, 11) is 3.79. The molecular weight excluding hydrogens is 317 g/mol. The lowest BCUT2D eigenvalue weighted by Gasteiger charge is -2.17. The monoisotopic (exact) mass is 329 g/mol. The van der Waals surface area contributed by atoms with Crippen molar-refractivity contribution in [1.82, 2.24) is 0 Å². The predicted molar refractivity (Wildman–Crippen MR) is 78.7 cm³/mol. The van der Waals surface area contributed by atoms with Crippen molar-refractivity contribution in [2.45, 2.75) is 6.92 Å². The Labute approximate surface area is 107 Å². The van der Waals surface area contributed by atoms with Crippen LogP contribution < -0.4 is 4.31 Å². The minimum absolute atomic E-state index is 1.27. The van der Waals surface area contributed by atoms with Gasteiger partial charge in [0.15, 0.2) is 0 Å². The molecule has 0 radical (unpaired) electrons. The summed E-state index contributed by atoms with van der Waals surface area (Å²) in [5, 5.41) is 2.66. The van der Waals surface area contributed by atoms with Crippen LogP contribution in [0.2, 0.25) is 0 Å². The van der Waals surface area contributed by atoms with Crippen LogP contribution in [0, 0.1) is 6.92 Å². The van der Waals surface area contributed by atoms with Crippen molar-refractivity contribution < 1.29 is 0 Å². The molecule has 0 fully saturated rings. The van der Waals surface area contributed by atoms with E-state index >= 15 is 0 Å². The second-order valence-electron chi connectivity index (χ2n) is 3.51. The van der Waals surface area contributed by atoms with Crippen LogP contribution in [0.3, 0.4) is 0 Å². The van der Waals surface area contributed by atoms with Gasteiger partial charge >= 0.3 is 0 Å². The van der Waals surface area contributed by atoms with Crippen LogP contribution in [-0.4, -0.2) is 7.05 Å². The third-order valence-corrected chi connectivity index (χ3v) is 4.74. The molecule has 0 N–H and O–H groups in total. The number of anilines is 1. The first kappa shape index (κ1) is 11.1. The number of aryl methyl sites for hydroxylation is 1. The molecule has 0 aliphatic heterocycles. The Morgan fingerprint density at radius 3 is 2.40 bits per heavy atom. The van der Waals surface area contributed by atoms with Crippen LogP contribution in [0.5, 0.6) is 0 Å². The number of rotatable bonds is 2. The first-order chi connectivity index (χ1) is 7.24. The molecule has 3 heteroatoms. The number of hydrogen-bond acceptors (Lipinski definition) is 2. The second-order valence-corrected chi connectivity index (χ2v) is 5.38. The summed E-state index contributed by atoms with van der Waals surface area (Å²) in [5.41, 5.74) is 2.61. The molecule has 15 heavy (non-hydrogen) atoms. The summed E-state index contributed by atoms with van der Waals surface area (Å²) in [6.45, 7) is 2.16. The average molecular weight is 329 g/mol. The fourth-order valence-electron chi connectivity index (χ4n) is 1.75. The average Bonchev–Trinajstić information content (AvgIpc) is 2.29. The Hall–Kier alpha value is -0.420. The Morgan fingerprint density at radius 1 is 1.07 bits per heavy atom. The van der Waals surface area contributed by atoms with Crippen LogP contribution in [-0.2, 0) is 0 Å². The molecule has 0 atom stereocenters. The van der Waals surface area contributed by atoms with Crippen LogP contribution in [0.15, 0.2) is 36.4 Å². The van der Waals surface area contributed by atoms with E-state index in [0.717, 1.165) is 0 Å². The number of fused-ring (bicyclic) bond motifs is 1. The molecule has 0 unspecified atom stereocenters. The van der Waals surface area contributed by atoms with Crippen molar-refractivity contribution in [3.63, 3.8) is 0 Å². The Bertz CT molecular complexity index is 484. The molecule has 78 valence electrons. The zero-order valence-electron chi connectivity index (χ0n) is 8.70. The highest BCUT2D eigenvalue weighted by molar-refractivity contribution is 14.2. The van der Waals surface area contributed by atoms with Gasteiger partial charge in [0, 0.05) is 42.8 Å². The van der Waals surface area contributed by atoms with Gasteiger partial charge in [-0.3, -0.25) is 0 Å². The molecule has 0 saturated heterocycles.